The number of carbonyl (C=O) groups excluding carboxylic acids is 1. The van der Waals surface area contributed by atoms with Crippen LogP contribution in [0.2, 0.25) is 0 Å². The first-order chi connectivity index (χ1) is 9.95. The summed E-state index contributed by atoms with van der Waals surface area (Å²) in [6.45, 7) is 5.82. The number of halogens is 1. The summed E-state index contributed by atoms with van der Waals surface area (Å²) < 4.78 is 12.8. The van der Waals surface area contributed by atoms with Crippen LogP contribution in [-0.4, -0.2) is 11.9 Å². The van der Waals surface area contributed by atoms with Gasteiger partial charge in [-0.3, -0.25) is 4.79 Å². The van der Waals surface area contributed by atoms with Gasteiger partial charge in [0, 0.05) is 11.4 Å². The lowest BCUT2D eigenvalue weighted by molar-refractivity contribution is -0.116. The van der Waals surface area contributed by atoms with Gasteiger partial charge in [-0.15, -0.1) is 0 Å². The first-order valence-corrected chi connectivity index (χ1v) is 6.86. The molecule has 0 fully saturated rings. The molecule has 0 aliphatic rings. The second kappa shape index (κ2) is 6.39. The monoisotopic (exact) mass is 286 g/mol. The van der Waals surface area contributed by atoms with Gasteiger partial charge in [0.1, 0.15) is 11.9 Å². The number of hydrogen-bond acceptors (Lipinski definition) is 2. The highest BCUT2D eigenvalue weighted by molar-refractivity contribution is 5.96. The van der Waals surface area contributed by atoms with Crippen LogP contribution in [0.3, 0.4) is 0 Å². The van der Waals surface area contributed by atoms with Crippen molar-refractivity contribution in [3.05, 3.63) is 59.4 Å². The van der Waals surface area contributed by atoms with Crippen molar-refractivity contribution in [2.75, 3.05) is 10.6 Å². The van der Waals surface area contributed by atoms with Gasteiger partial charge >= 0.3 is 0 Å². The first kappa shape index (κ1) is 15.0. The molecule has 1 unspecified atom stereocenters. The molecule has 3 nitrogen and oxygen atoms in total. The third kappa shape index (κ3) is 4.05. The van der Waals surface area contributed by atoms with Gasteiger partial charge in [-0.25, -0.2) is 4.39 Å². The van der Waals surface area contributed by atoms with Crippen molar-refractivity contribution in [1.29, 1.82) is 0 Å². The molecular weight excluding hydrogens is 267 g/mol. The summed E-state index contributed by atoms with van der Waals surface area (Å²) in [5, 5.41) is 5.93. The van der Waals surface area contributed by atoms with E-state index in [2.05, 4.69) is 16.7 Å². The Morgan fingerprint density at radius 2 is 1.76 bits per heavy atom. The lowest BCUT2D eigenvalue weighted by Crippen LogP contribution is -2.32. The fourth-order valence-electron chi connectivity index (χ4n) is 2.06. The van der Waals surface area contributed by atoms with Crippen LogP contribution in [-0.2, 0) is 4.79 Å². The number of carbonyl (C=O) groups is 1. The molecule has 1 atom stereocenters. The predicted molar refractivity (Wildman–Crippen MR) is 84.0 cm³/mol. The van der Waals surface area contributed by atoms with E-state index in [0.29, 0.717) is 5.69 Å². The number of benzene rings is 2. The Morgan fingerprint density at radius 1 is 1.10 bits per heavy atom. The van der Waals surface area contributed by atoms with E-state index in [4.69, 9.17) is 0 Å². The van der Waals surface area contributed by atoms with Crippen LogP contribution in [0.25, 0.3) is 0 Å². The predicted octanol–water partition coefficient (Wildman–Crippen LogP) is 3.88. The lowest BCUT2D eigenvalue weighted by Gasteiger charge is -2.17. The molecule has 2 rings (SSSR count). The van der Waals surface area contributed by atoms with Crippen molar-refractivity contribution < 1.29 is 9.18 Å². The lowest BCUT2D eigenvalue weighted by atomic mass is 10.1. The van der Waals surface area contributed by atoms with Crippen LogP contribution in [0.5, 0.6) is 0 Å². The molecule has 0 saturated heterocycles. The van der Waals surface area contributed by atoms with E-state index in [1.807, 2.05) is 26.0 Å². The minimum atomic E-state index is -0.392. The zero-order chi connectivity index (χ0) is 15.4. The third-order valence-corrected chi connectivity index (χ3v) is 3.26. The number of rotatable bonds is 4. The largest absolute Gasteiger partial charge is 0.374 e. The number of amides is 1. The van der Waals surface area contributed by atoms with E-state index in [1.165, 1.54) is 29.8 Å². The van der Waals surface area contributed by atoms with Gasteiger partial charge in [0.15, 0.2) is 0 Å². The summed E-state index contributed by atoms with van der Waals surface area (Å²) in [5.41, 5.74) is 3.79. The van der Waals surface area contributed by atoms with E-state index in [-0.39, 0.29) is 11.7 Å². The maximum Gasteiger partial charge on any atom is 0.246 e. The minimum absolute atomic E-state index is 0.165. The first-order valence-electron chi connectivity index (χ1n) is 6.86. The van der Waals surface area contributed by atoms with Crippen LogP contribution < -0.4 is 10.6 Å². The molecule has 110 valence electrons. The van der Waals surface area contributed by atoms with Crippen LogP contribution in [0.1, 0.15) is 18.1 Å². The fraction of sp³-hybridized carbons (Fsp3) is 0.235. The SMILES string of the molecule is Cc1ccc(NC(C)C(=O)Nc2ccc(F)cc2)c(C)c1. The van der Waals surface area contributed by atoms with E-state index < -0.39 is 6.04 Å². The van der Waals surface area contributed by atoms with Gasteiger partial charge in [0.2, 0.25) is 5.91 Å². The number of aryl methyl sites for hydroxylation is 2. The summed E-state index contributed by atoms with van der Waals surface area (Å²) in [6.07, 6.45) is 0. The van der Waals surface area contributed by atoms with E-state index in [1.54, 1.807) is 6.92 Å². The molecular formula is C17H19FN2O. The van der Waals surface area contributed by atoms with Crippen molar-refractivity contribution in [2.24, 2.45) is 0 Å². The molecule has 0 heterocycles. The molecule has 0 spiro atoms. The summed E-state index contributed by atoms with van der Waals surface area (Å²) in [4.78, 5) is 12.1. The van der Waals surface area contributed by atoms with E-state index in [9.17, 15) is 9.18 Å². The van der Waals surface area contributed by atoms with Gasteiger partial charge in [0.05, 0.1) is 0 Å². The summed E-state index contributed by atoms with van der Waals surface area (Å²) in [6, 6.07) is 11.3. The highest BCUT2D eigenvalue weighted by Crippen LogP contribution is 2.17. The van der Waals surface area contributed by atoms with Gasteiger partial charge in [0.25, 0.3) is 0 Å². The fourth-order valence-corrected chi connectivity index (χ4v) is 2.06. The average molecular weight is 286 g/mol. The van der Waals surface area contributed by atoms with E-state index >= 15 is 0 Å². The Morgan fingerprint density at radius 3 is 2.38 bits per heavy atom. The van der Waals surface area contributed by atoms with Crippen LogP contribution in [0.4, 0.5) is 15.8 Å². The van der Waals surface area contributed by atoms with E-state index in [0.717, 1.165) is 11.3 Å². The average Bonchev–Trinajstić information content (AvgIpc) is 2.44. The van der Waals surface area contributed by atoms with Crippen LogP contribution in [0.15, 0.2) is 42.5 Å². The van der Waals surface area contributed by atoms with Gasteiger partial charge in [-0.05, 0) is 56.7 Å². The molecule has 0 bridgehead atoms. The molecule has 2 N–H and O–H groups in total. The summed E-state index contributed by atoms with van der Waals surface area (Å²) >= 11 is 0. The second-order valence-corrected chi connectivity index (χ2v) is 5.18. The van der Waals surface area contributed by atoms with Crippen molar-refractivity contribution in [3.8, 4) is 0 Å². The Hall–Kier alpha value is -2.36. The van der Waals surface area contributed by atoms with Crippen molar-refractivity contribution in [1.82, 2.24) is 0 Å². The molecule has 2 aromatic rings. The maximum absolute atomic E-state index is 12.8. The molecule has 0 aliphatic heterocycles. The zero-order valence-electron chi connectivity index (χ0n) is 12.4. The van der Waals surface area contributed by atoms with Crippen molar-refractivity contribution in [2.45, 2.75) is 26.8 Å². The standard InChI is InChI=1S/C17H19FN2O/c1-11-4-9-16(12(2)10-11)19-13(3)17(21)20-15-7-5-14(18)6-8-15/h4-10,13,19H,1-3H3,(H,20,21). The Balaban J connectivity index is 2.00. The molecule has 4 heteroatoms. The molecule has 21 heavy (non-hydrogen) atoms. The topological polar surface area (TPSA) is 41.1 Å². The quantitative estimate of drug-likeness (QED) is 0.895. The molecule has 0 saturated carbocycles. The van der Waals surface area contributed by atoms with Crippen molar-refractivity contribution in [3.63, 3.8) is 0 Å². The van der Waals surface area contributed by atoms with Crippen molar-refractivity contribution >= 4 is 17.3 Å². The molecule has 0 aromatic heterocycles. The highest BCUT2D eigenvalue weighted by Gasteiger charge is 2.13. The Labute approximate surface area is 124 Å². The summed E-state index contributed by atoms with van der Waals surface area (Å²) in [7, 11) is 0. The van der Waals surface area contributed by atoms with Gasteiger partial charge < -0.3 is 10.6 Å². The maximum atomic E-state index is 12.8. The Kier molecular flexibility index (Phi) is 4.58. The summed E-state index contributed by atoms with van der Waals surface area (Å²) in [5.74, 6) is -0.490. The normalized spacial score (nSPS) is 11.8. The van der Waals surface area contributed by atoms with Crippen LogP contribution in [0, 0.1) is 19.7 Å². The minimum Gasteiger partial charge on any atom is -0.374 e. The smallest absolute Gasteiger partial charge is 0.246 e. The number of anilines is 2. The second-order valence-electron chi connectivity index (χ2n) is 5.18. The van der Waals surface area contributed by atoms with Gasteiger partial charge in [-0.2, -0.15) is 0 Å². The Bertz CT molecular complexity index is 638. The highest BCUT2D eigenvalue weighted by atomic mass is 19.1. The molecule has 1 amide bonds. The van der Waals surface area contributed by atoms with Gasteiger partial charge in [-0.1, -0.05) is 17.7 Å². The molecule has 2 aromatic carbocycles. The number of nitrogens with one attached hydrogen (secondary N) is 2. The molecule has 0 aliphatic carbocycles. The van der Waals surface area contributed by atoms with Crippen LogP contribution >= 0.6 is 0 Å². The zero-order valence-corrected chi connectivity index (χ0v) is 12.4. The third-order valence-electron chi connectivity index (χ3n) is 3.26. The number of hydrogen-bond donors (Lipinski definition) is 2. The molecule has 0 radical (unpaired) electrons.